The molecule has 4 aromatic rings. The maximum atomic E-state index is 12.0. The van der Waals surface area contributed by atoms with Crippen molar-refractivity contribution < 1.29 is 28.9 Å². The standard InChI is InChI=1S/C15H14O3.C8H7ClO2.C7H8O/c1-11-6-3-4-9-14(11)18-15(16)12-7-5-8-13(10-12)17-2;1-11-7-4-2-3-6(5-7)8(9)10;1-6-4-2-3-5-7(6)8/h3-10H,1-2H3;2-5H,1H3;2-5,8H,1H3. The van der Waals surface area contributed by atoms with Crippen molar-refractivity contribution in [3.8, 4) is 23.0 Å². The van der Waals surface area contributed by atoms with Gasteiger partial charge in [-0.2, -0.15) is 0 Å². The van der Waals surface area contributed by atoms with Gasteiger partial charge in [0.05, 0.1) is 19.8 Å². The van der Waals surface area contributed by atoms with E-state index in [0.29, 0.717) is 34.1 Å². The molecule has 0 fully saturated rings. The van der Waals surface area contributed by atoms with Crippen LogP contribution in [0.25, 0.3) is 0 Å². The zero-order valence-electron chi connectivity index (χ0n) is 21.1. The number of esters is 1. The van der Waals surface area contributed by atoms with Crippen LogP contribution in [0.3, 0.4) is 0 Å². The van der Waals surface area contributed by atoms with Crippen molar-refractivity contribution in [2.24, 2.45) is 0 Å². The molecule has 0 radical (unpaired) electrons. The van der Waals surface area contributed by atoms with Gasteiger partial charge < -0.3 is 19.3 Å². The molecule has 4 aromatic carbocycles. The van der Waals surface area contributed by atoms with Gasteiger partial charge in [-0.1, -0.05) is 48.5 Å². The van der Waals surface area contributed by atoms with E-state index < -0.39 is 5.24 Å². The number of halogens is 1. The van der Waals surface area contributed by atoms with Crippen molar-refractivity contribution in [2.45, 2.75) is 13.8 Å². The summed E-state index contributed by atoms with van der Waals surface area (Å²) in [6, 6.07) is 28.2. The molecule has 0 amide bonds. The van der Waals surface area contributed by atoms with Gasteiger partial charge in [0, 0.05) is 5.56 Å². The van der Waals surface area contributed by atoms with Gasteiger partial charge in [-0.05, 0) is 85.1 Å². The van der Waals surface area contributed by atoms with Gasteiger partial charge in [0.25, 0.3) is 5.24 Å². The van der Waals surface area contributed by atoms with Crippen molar-refractivity contribution in [3.63, 3.8) is 0 Å². The Balaban J connectivity index is 0.000000215. The lowest BCUT2D eigenvalue weighted by atomic mass is 10.2. The number of carbonyl (C=O) groups is 2. The summed E-state index contributed by atoms with van der Waals surface area (Å²) >= 11 is 5.24. The van der Waals surface area contributed by atoms with Gasteiger partial charge in [0.1, 0.15) is 23.0 Å². The molecule has 0 saturated heterocycles. The van der Waals surface area contributed by atoms with E-state index in [2.05, 4.69) is 0 Å². The van der Waals surface area contributed by atoms with Crippen LogP contribution in [0.2, 0.25) is 0 Å². The van der Waals surface area contributed by atoms with Crippen LogP contribution in [0.15, 0.2) is 97.1 Å². The molecule has 0 heterocycles. The smallest absolute Gasteiger partial charge is 0.343 e. The van der Waals surface area contributed by atoms with E-state index in [1.54, 1.807) is 67.8 Å². The molecule has 0 aliphatic rings. The minimum atomic E-state index is -0.469. The SMILES string of the molecule is COc1cccc(C(=O)Cl)c1.COc1cccc(C(=O)Oc2ccccc2C)c1.Cc1ccccc1O. The van der Waals surface area contributed by atoms with Crippen LogP contribution >= 0.6 is 11.6 Å². The third-order valence-electron chi connectivity index (χ3n) is 5.01. The van der Waals surface area contributed by atoms with Crippen molar-refractivity contribution in [3.05, 3.63) is 119 Å². The normalized spacial score (nSPS) is 9.54. The molecule has 0 atom stereocenters. The lowest BCUT2D eigenvalue weighted by Gasteiger charge is -2.07. The molecule has 6 nitrogen and oxygen atoms in total. The van der Waals surface area contributed by atoms with E-state index >= 15 is 0 Å². The first-order valence-electron chi connectivity index (χ1n) is 11.3. The van der Waals surface area contributed by atoms with Crippen LogP contribution < -0.4 is 14.2 Å². The molecular weight excluding hydrogens is 492 g/mol. The highest BCUT2D eigenvalue weighted by Gasteiger charge is 2.10. The van der Waals surface area contributed by atoms with Crippen molar-refractivity contribution in [1.82, 2.24) is 0 Å². The van der Waals surface area contributed by atoms with E-state index in [-0.39, 0.29) is 5.97 Å². The average molecular weight is 521 g/mol. The average Bonchev–Trinajstić information content (AvgIpc) is 2.92. The summed E-state index contributed by atoms with van der Waals surface area (Å²) < 4.78 is 15.3. The number of phenolic OH excluding ortho intramolecular Hbond substituents is 1. The molecule has 7 heteroatoms. The second kappa shape index (κ2) is 15.0. The van der Waals surface area contributed by atoms with E-state index in [1.165, 1.54) is 7.11 Å². The minimum absolute atomic E-state index is 0.368. The van der Waals surface area contributed by atoms with Crippen LogP contribution in [-0.4, -0.2) is 30.5 Å². The minimum Gasteiger partial charge on any atom is -0.508 e. The summed E-state index contributed by atoms with van der Waals surface area (Å²) in [6.45, 7) is 3.77. The number of ether oxygens (including phenoxy) is 3. The van der Waals surface area contributed by atoms with Crippen molar-refractivity contribution in [2.75, 3.05) is 14.2 Å². The number of phenols is 1. The number of aryl methyl sites for hydroxylation is 2. The monoisotopic (exact) mass is 520 g/mol. The van der Waals surface area contributed by atoms with E-state index in [1.807, 2.05) is 50.2 Å². The van der Waals surface area contributed by atoms with Crippen LogP contribution in [0, 0.1) is 13.8 Å². The highest BCUT2D eigenvalue weighted by atomic mass is 35.5. The Morgan fingerprint density at radius 1 is 0.676 bits per heavy atom. The predicted molar refractivity (Wildman–Crippen MR) is 145 cm³/mol. The first kappa shape index (κ1) is 28.9. The Kier molecular flexibility index (Phi) is 11.7. The van der Waals surface area contributed by atoms with E-state index in [9.17, 15) is 9.59 Å². The zero-order chi connectivity index (χ0) is 27.2. The lowest BCUT2D eigenvalue weighted by Crippen LogP contribution is -2.09. The molecule has 0 unspecified atom stereocenters. The van der Waals surface area contributed by atoms with Gasteiger partial charge in [0.2, 0.25) is 0 Å². The predicted octanol–water partition coefficient (Wildman–Crippen LogP) is 7.00. The molecule has 0 aliphatic carbocycles. The van der Waals surface area contributed by atoms with E-state index in [4.69, 9.17) is 30.9 Å². The third kappa shape index (κ3) is 9.70. The summed E-state index contributed by atoms with van der Waals surface area (Å²) in [4.78, 5) is 22.6. The molecule has 0 aromatic heterocycles. The first-order valence-corrected chi connectivity index (χ1v) is 11.6. The van der Waals surface area contributed by atoms with E-state index in [0.717, 1.165) is 11.1 Å². The van der Waals surface area contributed by atoms with Gasteiger partial charge >= 0.3 is 5.97 Å². The molecule has 1 N–H and O–H groups in total. The zero-order valence-corrected chi connectivity index (χ0v) is 21.9. The van der Waals surface area contributed by atoms with Crippen LogP contribution in [0.4, 0.5) is 0 Å². The molecule has 4 rings (SSSR count). The lowest BCUT2D eigenvalue weighted by molar-refractivity contribution is 0.0733. The molecule has 37 heavy (non-hydrogen) atoms. The Labute approximate surface area is 222 Å². The fraction of sp³-hybridized carbons (Fsp3) is 0.133. The highest BCUT2D eigenvalue weighted by molar-refractivity contribution is 6.67. The summed E-state index contributed by atoms with van der Waals surface area (Å²) in [7, 11) is 3.10. The first-order chi connectivity index (χ1) is 17.7. The number of rotatable bonds is 5. The fourth-order valence-electron chi connectivity index (χ4n) is 2.89. The maximum Gasteiger partial charge on any atom is 0.343 e. The number of benzene rings is 4. The summed E-state index contributed by atoms with van der Waals surface area (Å²) in [5, 5.41) is 8.45. The fourth-order valence-corrected chi connectivity index (χ4v) is 3.01. The Bertz CT molecular complexity index is 1300. The summed E-state index contributed by atoms with van der Waals surface area (Å²) in [5.74, 6) is 1.83. The Hall–Kier alpha value is -4.29. The Morgan fingerprint density at radius 3 is 1.68 bits per heavy atom. The largest absolute Gasteiger partial charge is 0.508 e. The summed E-state index contributed by atoms with van der Waals surface area (Å²) in [6.07, 6.45) is 0. The maximum absolute atomic E-state index is 12.0. The van der Waals surface area contributed by atoms with Gasteiger partial charge in [-0.3, -0.25) is 4.79 Å². The number of hydrogen-bond acceptors (Lipinski definition) is 6. The second-order valence-corrected chi connectivity index (χ2v) is 8.02. The summed E-state index contributed by atoms with van der Waals surface area (Å²) in [5.41, 5.74) is 2.77. The number of carbonyl (C=O) groups excluding carboxylic acids is 2. The molecular formula is C30H29ClO6. The topological polar surface area (TPSA) is 82.1 Å². The van der Waals surface area contributed by atoms with Gasteiger partial charge in [-0.25, -0.2) is 4.79 Å². The molecule has 0 bridgehead atoms. The van der Waals surface area contributed by atoms with Crippen LogP contribution in [0.1, 0.15) is 31.8 Å². The highest BCUT2D eigenvalue weighted by Crippen LogP contribution is 2.19. The van der Waals surface area contributed by atoms with Crippen LogP contribution in [-0.2, 0) is 0 Å². The van der Waals surface area contributed by atoms with Crippen molar-refractivity contribution >= 4 is 22.8 Å². The molecule has 192 valence electrons. The van der Waals surface area contributed by atoms with Crippen LogP contribution in [0.5, 0.6) is 23.0 Å². The number of para-hydroxylation sites is 2. The molecule has 0 aliphatic heterocycles. The second-order valence-electron chi connectivity index (χ2n) is 7.68. The van der Waals surface area contributed by atoms with Crippen molar-refractivity contribution in [1.29, 1.82) is 0 Å². The Morgan fingerprint density at radius 2 is 1.19 bits per heavy atom. The quantitative estimate of drug-likeness (QED) is 0.173. The molecule has 0 saturated carbocycles. The third-order valence-corrected chi connectivity index (χ3v) is 5.23. The van der Waals surface area contributed by atoms with Gasteiger partial charge in [0.15, 0.2) is 0 Å². The van der Waals surface area contributed by atoms with Gasteiger partial charge in [-0.15, -0.1) is 0 Å². The number of aromatic hydroxyl groups is 1. The number of methoxy groups -OCH3 is 2. The molecule has 0 spiro atoms. The number of hydrogen-bond donors (Lipinski definition) is 1.